The Bertz CT molecular complexity index is 678. The number of anilines is 1. The van der Waals surface area contributed by atoms with E-state index in [4.69, 9.17) is 4.99 Å². The predicted octanol–water partition coefficient (Wildman–Crippen LogP) is 3.07. The zero-order valence-electron chi connectivity index (χ0n) is 15.7. The van der Waals surface area contributed by atoms with Crippen molar-refractivity contribution >= 4 is 23.0 Å². The standard InChI is InChI=1S/C19H29N5S/c1-5-17-14-22-18(25-17)10-11-21-19(20-6-2)23-13-15-8-7-9-16(12-15)24(3)4/h7-9,12,14H,5-6,10-11,13H2,1-4H3,(H2,20,21,23). The van der Waals surface area contributed by atoms with Crippen LogP contribution in [0.1, 0.15) is 29.3 Å². The molecule has 0 unspecified atom stereocenters. The highest BCUT2D eigenvalue weighted by Gasteiger charge is 2.03. The largest absolute Gasteiger partial charge is 0.378 e. The third kappa shape index (κ3) is 6.38. The molecule has 0 atom stereocenters. The van der Waals surface area contributed by atoms with E-state index in [1.165, 1.54) is 21.1 Å². The van der Waals surface area contributed by atoms with E-state index in [1.807, 2.05) is 6.20 Å². The number of thiazole rings is 1. The number of nitrogens with one attached hydrogen (secondary N) is 2. The Morgan fingerprint density at radius 2 is 2.08 bits per heavy atom. The van der Waals surface area contributed by atoms with Gasteiger partial charge in [0.15, 0.2) is 5.96 Å². The number of benzene rings is 1. The minimum absolute atomic E-state index is 0.661. The van der Waals surface area contributed by atoms with Crippen molar-refractivity contribution in [1.29, 1.82) is 0 Å². The lowest BCUT2D eigenvalue weighted by Crippen LogP contribution is -2.38. The molecular formula is C19H29N5S. The number of aromatic nitrogens is 1. The maximum atomic E-state index is 4.70. The van der Waals surface area contributed by atoms with Gasteiger partial charge in [0.1, 0.15) is 0 Å². The molecule has 25 heavy (non-hydrogen) atoms. The highest BCUT2D eigenvalue weighted by molar-refractivity contribution is 7.11. The van der Waals surface area contributed by atoms with Crippen LogP contribution >= 0.6 is 11.3 Å². The van der Waals surface area contributed by atoms with E-state index in [-0.39, 0.29) is 0 Å². The molecule has 1 aromatic heterocycles. The Morgan fingerprint density at radius 1 is 1.24 bits per heavy atom. The first-order valence-electron chi connectivity index (χ1n) is 8.84. The summed E-state index contributed by atoms with van der Waals surface area (Å²) in [7, 11) is 4.10. The molecule has 0 spiro atoms. The van der Waals surface area contributed by atoms with Gasteiger partial charge in [-0.05, 0) is 31.0 Å². The molecule has 2 N–H and O–H groups in total. The predicted molar refractivity (Wildman–Crippen MR) is 109 cm³/mol. The summed E-state index contributed by atoms with van der Waals surface area (Å²) in [5, 5.41) is 7.88. The number of hydrogen-bond donors (Lipinski definition) is 2. The average molecular weight is 360 g/mol. The quantitative estimate of drug-likeness (QED) is 0.562. The fourth-order valence-corrected chi connectivity index (χ4v) is 3.22. The van der Waals surface area contributed by atoms with E-state index >= 15 is 0 Å². The number of guanidine groups is 1. The van der Waals surface area contributed by atoms with Gasteiger partial charge in [-0.15, -0.1) is 11.3 Å². The van der Waals surface area contributed by atoms with Gasteiger partial charge in [-0.2, -0.15) is 0 Å². The Labute approximate surface area is 155 Å². The first-order chi connectivity index (χ1) is 12.1. The molecule has 2 aromatic rings. The second-order valence-corrected chi connectivity index (χ2v) is 7.21. The maximum Gasteiger partial charge on any atom is 0.191 e. The van der Waals surface area contributed by atoms with Crippen molar-refractivity contribution in [3.8, 4) is 0 Å². The topological polar surface area (TPSA) is 52.6 Å². The number of aliphatic imine (C=N–C) groups is 1. The van der Waals surface area contributed by atoms with Crippen molar-refractivity contribution in [2.45, 2.75) is 33.2 Å². The Morgan fingerprint density at radius 3 is 2.76 bits per heavy atom. The minimum Gasteiger partial charge on any atom is -0.378 e. The van der Waals surface area contributed by atoms with Gasteiger partial charge in [-0.25, -0.2) is 9.98 Å². The van der Waals surface area contributed by atoms with Crippen LogP contribution in [0.2, 0.25) is 0 Å². The lowest BCUT2D eigenvalue weighted by molar-refractivity contribution is 0.796. The van der Waals surface area contributed by atoms with Crippen LogP contribution < -0.4 is 15.5 Å². The zero-order valence-corrected chi connectivity index (χ0v) is 16.5. The summed E-state index contributed by atoms with van der Waals surface area (Å²) < 4.78 is 0. The summed E-state index contributed by atoms with van der Waals surface area (Å²) in [6.07, 6.45) is 3.96. The Kier molecular flexibility index (Phi) is 7.73. The average Bonchev–Trinajstić information content (AvgIpc) is 3.08. The summed E-state index contributed by atoms with van der Waals surface area (Å²) in [5.41, 5.74) is 2.40. The third-order valence-corrected chi connectivity index (χ3v) is 4.97. The summed E-state index contributed by atoms with van der Waals surface area (Å²) in [4.78, 5) is 12.6. The lowest BCUT2D eigenvalue weighted by Gasteiger charge is -2.14. The van der Waals surface area contributed by atoms with Gasteiger partial charge in [-0.3, -0.25) is 0 Å². The monoisotopic (exact) mass is 359 g/mol. The Balaban J connectivity index is 1.90. The molecule has 6 heteroatoms. The molecule has 136 valence electrons. The fourth-order valence-electron chi connectivity index (χ4n) is 2.36. The smallest absolute Gasteiger partial charge is 0.191 e. The SMILES string of the molecule is CCNC(=NCc1cccc(N(C)C)c1)NCCc1ncc(CC)s1. The number of rotatable bonds is 8. The molecule has 5 nitrogen and oxygen atoms in total. The molecule has 0 aliphatic carbocycles. The van der Waals surface area contributed by atoms with Crippen molar-refractivity contribution in [1.82, 2.24) is 15.6 Å². The molecule has 0 saturated heterocycles. The minimum atomic E-state index is 0.661. The van der Waals surface area contributed by atoms with E-state index in [0.29, 0.717) is 6.54 Å². The van der Waals surface area contributed by atoms with Gasteiger partial charge in [0.05, 0.1) is 11.6 Å². The van der Waals surface area contributed by atoms with Crippen LogP contribution in [0, 0.1) is 0 Å². The number of hydrogen-bond acceptors (Lipinski definition) is 4. The molecule has 0 radical (unpaired) electrons. The third-order valence-electron chi connectivity index (χ3n) is 3.77. The second kappa shape index (κ2) is 10.0. The van der Waals surface area contributed by atoms with Crippen LogP contribution in [-0.2, 0) is 19.4 Å². The zero-order chi connectivity index (χ0) is 18.1. The van der Waals surface area contributed by atoms with Gasteiger partial charge in [0.25, 0.3) is 0 Å². The summed E-state index contributed by atoms with van der Waals surface area (Å²) in [6.45, 7) is 6.59. The molecule has 0 bridgehead atoms. The molecule has 2 rings (SSSR count). The van der Waals surface area contributed by atoms with E-state index in [1.54, 1.807) is 11.3 Å². The highest BCUT2D eigenvalue weighted by Crippen LogP contribution is 2.14. The first kappa shape index (κ1) is 19.2. The van der Waals surface area contributed by atoms with Gasteiger partial charge in [0, 0.05) is 50.4 Å². The number of aryl methyl sites for hydroxylation is 1. The van der Waals surface area contributed by atoms with Crippen LogP contribution in [0.3, 0.4) is 0 Å². The van der Waals surface area contributed by atoms with Gasteiger partial charge in [0.2, 0.25) is 0 Å². The maximum absolute atomic E-state index is 4.70. The summed E-state index contributed by atoms with van der Waals surface area (Å²) in [5.74, 6) is 0.852. The van der Waals surface area contributed by atoms with Crippen molar-refractivity contribution in [2.75, 3.05) is 32.1 Å². The van der Waals surface area contributed by atoms with Crippen molar-refractivity contribution in [3.05, 3.63) is 45.9 Å². The molecule has 0 aliphatic rings. The van der Waals surface area contributed by atoms with Crippen LogP contribution in [0.4, 0.5) is 5.69 Å². The van der Waals surface area contributed by atoms with Crippen LogP contribution in [0.5, 0.6) is 0 Å². The molecule has 0 aliphatic heterocycles. The summed E-state index contributed by atoms with van der Waals surface area (Å²) in [6, 6.07) is 8.47. The number of nitrogens with zero attached hydrogens (tertiary/aromatic N) is 3. The van der Waals surface area contributed by atoms with Gasteiger partial charge >= 0.3 is 0 Å². The molecule has 1 heterocycles. The van der Waals surface area contributed by atoms with Crippen LogP contribution in [0.25, 0.3) is 0 Å². The normalized spacial score (nSPS) is 11.4. The fraction of sp³-hybridized carbons (Fsp3) is 0.474. The van der Waals surface area contributed by atoms with Crippen molar-refractivity contribution < 1.29 is 0 Å². The van der Waals surface area contributed by atoms with Crippen molar-refractivity contribution in [2.24, 2.45) is 4.99 Å². The highest BCUT2D eigenvalue weighted by atomic mass is 32.1. The summed E-state index contributed by atoms with van der Waals surface area (Å²) >= 11 is 1.80. The first-order valence-corrected chi connectivity index (χ1v) is 9.66. The van der Waals surface area contributed by atoms with Crippen LogP contribution in [0.15, 0.2) is 35.5 Å². The molecular weight excluding hydrogens is 330 g/mol. The van der Waals surface area contributed by atoms with E-state index in [2.05, 4.69) is 72.7 Å². The molecule has 0 saturated carbocycles. The van der Waals surface area contributed by atoms with Gasteiger partial charge in [-0.1, -0.05) is 19.1 Å². The van der Waals surface area contributed by atoms with Crippen LogP contribution in [-0.4, -0.2) is 38.1 Å². The van der Waals surface area contributed by atoms with E-state index in [0.717, 1.165) is 31.9 Å². The molecule has 0 fully saturated rings. The Hall–Kier alpha value is -2.08. The van der Waals surface area contributed by atoms with E-state index < -0.39 is 0 Å². The molecule has 0 amide bonds. The van der Waals surface area contributed by atoms with Crippen molar-refractivity contribution in [3.63, 3.8) is 0 Å². The van der Waals surface area contributed by atoms with Gasteiger partial charge < -0.3 is 15.5 Å². The molecule has 1 aromatic carbocycles. The second-order valence-electron chi connectivity index (χ2n) is 6.01. The van der Waals surface area contributed by atoms with E-state index in [9.17, 15) is 0 Å². The lowest BCUT2D eigenvalue weighted by atomic mass is 10.2.